The molecule has 54 heavy (non-hydrogen) atoms. The van der Waals surface area contributed by atoms with Crippen LogP contribution in [-0.4, -0.2) is 0 Å². The molecule has 0 saturated heterocycles. The topological polar surface area (TPSA) is 9.72 Å². The first-order valence-electron chi connectivity index (χ1n) is 18.6. The van der Waals surface area contributed by atoms with Crippen LogP contribution in [0.25, 0.3) is 11.1 Å². The summed E-state index contributed by atoms with van der Waals surface area (Å²) in [4.78, 5) is 7.02. The highest BCUT2D eigenvalue weighted by atomic mass is 15.2. The quantitative estimate of drug-likeness (QED) is 0.149. The minimum atomic E-state index is -0.135. The summed E-state index contributed by atoms with van der Waals surface area (Å²) in [7, 11) is 0. The van der Waals surface area contributed by atoms with Crippen LogP contribution in [0.1, 0.15) is 25.0 Å². The molecule has 0 spiro atoms. The van der Waals surface area contributed by atoms with Gasteiger partial charge < -0.3 is 14.7 Å². The average Bonchev–Trinajstić information content (AvgIpc) is 3.45. The predicted octanol–water partition coefficient (Wildman–Crippen LogP) is 14.4. The highest BCUT2D eigenvalue weighted by molar-refractivity contribution is 5.90. The summed E-state index contributed by atoms with van der Waals surface area (Å²) in [6.07, 6.45) is 0. The van der Waals surface area contributed by atoms with Crippen molar-refractivity contribution in [2.45, 2.75) is 19.3 Å². The molecule has 1 aliphatic carbocycles. The number of hydrogen-bond acceptors (Lipinski definition) is 3. The van der Waals surface area contributed by atoms with Crippen LogP contribution in [0.5, 0.6) is 0 Å². The minimum Gasteiger partial charge on any atom is -0.311 e. The molecular formula is C51H41N3. The smallest absolute Gasteiger partial charge is 0.0468 e. The van der Waals surface area contributed by atoms with Crippen LogP contribution in [0.4, 0.5) is 51.2 Å². The lowest BCUT2D eigenvalue weighted by Gasteiger charge is -2.29. The summed E-state index contributed by atoms with van der Waals surface area (Å²) in [5.41, 5.74) is 15.2. The molecule has 3 nitrogen and oxygen atoms in total. The van der Waals surface area contributed by atoms with Gasteiger partial charge in [0.2, 0.25) is 0 Å². The third-order valence-corrected chi connectivity index (χ3v) is 10.6. The van der Waals surface area contributed by atoms with Gasteiger partial charge in [0, 0.05) is 56.6 Å². The van der Waals surface area contributed by atoms with Crippen molar-refractivity contribution in [2.75, 3.05) is 14.7 Å². The third-order valence-electron chi connectivity index (χ3n) is 10.6. The van der Waals surface area contributed by atoms with Crippen molar-refractivity contribution < 1.29 is 0 Å². The first-order chi connectivity index (χ1) is 26.6. The molecule has 3 heteroatoms. The number of hydrogen-bond donors (Lipinski definition) is 0. The summed E-state index contributed by atoms with van der Waals surface area (Å²) in [6, 6.07) is 76.0. The Labute approximate surface area is 318 Å². The fourth-order valence-corrected chi connectivity index (χ4v) is 8.00. The Bertz CT molecular complexity index is 2420. The molecule has 0 radical (unpaired) electrons. The molecule has 9 rings (SSSR count). The number of fused-ring (bicyclic) bond motifs is 3. The molecule has 0 aromatic heterocycles. The summed E-state index contributed by atoms with van der Waals surface area (Å²) >= 11 is 0. The second-order valence-corrected chi connectivity index (χ2v) is 14.3. The SMILES string of the molecule is CC1(C)c2ccc(N(c3ccccc3)c3ccccc3)cc2-c2cc(N(c3ccccc3)c3ccc(N(c4ccccc4)c4ccccc4)cc3)ccc21. The molecule has 0 amide bonds. The van der Waals surface area contributed by atoms with Crippen molar-refractivity contribution in [1.82, 2.24) is 0 Å². The maximum absolute atomic E-state index is 2.39. The van der Waals surface area contributed by atoms with Gasteiger partial charge in [0.25, 0.3) is 0 Å². The molecule has 0 aliphatic heterocycles. The van der Waals surface area contributed by atoms with Crippen molar-refractivity contribution in [3.05, 3.63) is 223 Å². The van der Waals surface area contributed by atoms with E-state index in [1.54, 1.807) is 0 Å². The van der Waals surface area contributed by atoms with Crippen LogP contribution in [0.2, 0.25) is 0 Å². The molecule has 0 unspecified atom stereocenters. The fraction of sp³-hybridized carbons (Fsp3) is 0.0588. The Morgan fingerprint density at radius 2 is 0.481 bits per heavy atom. The van der Waals surface area contributed by atoms with E-state index in [-0.39, 0.29) is 5.41 Å². The van der Waals surface area contributed by atoms with E-state index in [2.05, 4.69) is 241 Å². The van der Waals surface area contributed by atoms with Crippen LogP contribution in [0, 0.1) is 0 Å². The van der Waals surface area contributed by atoms with Gasteiger partial charge in [-0.15, -0.1) is 0 Å². The van der Waals surface area contributed by atoms with Crippen molar-refractivity contribution in [3.8, 4) is 11.1 Å². The van der Waals surface area contributed by atoms with E-state index in [1.807, 2.05) is 0 Å². The van der Waals surface area contributed by atoms with Crippen LogP contribution in [-0.2, 0) is 5.41 Å². The summed E-state index contributed by atoms with van der Waals surface area (Å²) in [6.45, 7) is 4.70. The molecule has 0 fully saturated rings. The van der Waals surface area contributed by atoms with Crippen LogP contribution in [0.3, 0.4) is 0 Å². The van der Waals surface area contributed by atoms with Crippen molar-refractivity contribution >= 4 is 51.2 Å². The standard InChI is InChI=1S/C51H41N3/c1-51(2)49-34-32-45(53(40-22-12-5-13-23-40)41-24-14-6-15-25-41)36-47(49)48-37-46(33-35-50(48)51)54(42-26-16-7-17-27-42)44-30-28-43(29-31-44)52(38-18-8-3-9-19-38)39-20-10-4-11-21-39/h3-37H,1-2H3. The van der Waals surface area contributed by atoms with Gasteiger partial charge in [-0.2, -0.15) is 0 Å². The summed E-state index contributed by atoms with van der Waals surface area (Å²) in [5, 5.41) is 0. The van der Waals surface area contributed by atoms with E-state index in [1.165, 1.54) is 22.3 Å². The number of benzene rings is 8. The fourth-order valence-electron chi connectivity index (χ4n) is 8.00. The predicted molar refractivity (Wildman–Crippen MR) is 228 cm³/mol. The molecule has 0 bridgehead atoms. The normalized spacial score (nSPS) is 12.4. The Hall–Kier alpha value is -6.84. The second-order valence-electron chi connectivity index (χ2n) is 14.3. The molecule has 8 aromatic carbocycles. The van der Waals surface area contributed by atoms with Gasteiger partial charge in [0.05, 0.1) is 0 Å². The molecule has 8 aromatic rings. The lowest BCUT2D eigenvalue weighted by Crippen LogP contribution is -2.16. The van der Waals surface area contributed by atoms with E-state index in [0.29, 0.717) is 0 Å². The largest absolute Gasteiger partial charge is 0.311 e. The summed E-state index contributed by atoms with van der Waals surface area (Å²) in [5.74, 6) is 0. The first kappa shape index (κ1) is 33.0. The van der Waals surface area contributed by atoms with E-state index in [4.69, 9.17) is 0 Å². The number of nitrogens with zero attached hydrogens (tertiary/aromatic N) is 3. The molecule has 0 heterocycles. The lowest BCUT2D eigenvalue weighted by molar-refractivity contribution is 0.660. The van der Waals surface area contributed by atoms with E-state index in [9.17, 15) is 0 Å². The molecule has 0 N–H and O–H groups in total. The van der Waals surface area contributed by atoms with E-state index >= 15 is 0 Å². The second kappa shape index (κ2) is 13.9. The molecule has 260 valence electrons. The number of rotatable bonds is 9. The molecule has 0 saturated carbocycles. The Kier molecular flexibility index (Phi) is 8.53. The van der Waals surface area contributed by atoms with Crippen LogP contribution >= 0.6 is 0 Å². The highest BCUT2D eigenvalue weighted by Gasteiger charge is 2.36. The van der Waals surface area contributed by atoms with Gasteiger partial charge in [0.1, 0.15) is 0 Å². The Morgan fingerprint density at radius 1 is 0.259 bits per heavy atom. The zero-order chi connectivity index (χ0) is 36.5. The molecular weight excluding hydrogens is 655 g/mol. The molecule has 1 aliphatic rings. The zero-order valence-corrected chi connectivity index (χ0v) is 30.5. The molecule has 0 atom stereocenters. The Balaban J connectivity index is 1.15. The van der Waals surface area contributed by atoms with E-state index in [0.717, 1.165) is 51.2 Å². The van der Waals surface area contributed by atoms with Gasteiger partial charge in [0.15, 0.2) is 0 Å². The van der Waals surface area contributed by atoms with Crippen molar-refractivity contribution in [3.63, 3.8) is 0 Å². The van der Waals surface area contributed by atoms with Crippen LogP contribution < -0.4 is 14.7 Å². The average molecular weight is 696 g/mol. The van der Waals surface area contributed by atoms with Crippen LogP contribution in [0.15, 0.2) is 212 Å². The van der Waals surface area contributed by atoms with Gasteiger partial charge in [-0.1, -0.05) is 117 Å². The van der Waals surface area contributed by atoms with Crippen molar-refractivity contribution in [1.29, 1.82) is 0 Å². The van der Waals surface area contributed by atoms with Crippen molar-refractivity contribution in [2.24, 2.45) is 0 Å². The maximum Gasteiger partial charge on any atom is 0.0468 e. The van der Waals surface area contributed by atoms with Gasteiger partial charge in [-0.3, -0.25) is 0 Å². The zero-order valence-electron chi connectivity index (χ0n) is 30.5. The highest BCUT2D eigenvalue weighted by Crippen LogP contribution is 2.52. The number of anilines is 9. The van der Waals surface area contributed by atoms with E-state index < -0.39 is 0 Å². The Morgan fingerprint density at radius 3 is 0.759 bits per heavy atom. The number of para-hydroxylation sites is 5. The first-order valence-corrected chi connectivity index (χ1v) is 18.6. The minimum absolute atomic E-state index is 0.135. The monoisotopic (exact) mass is 695 g/mol. The maximum atomic E-state index is 2.39. The van der Waals surface area contributed by atoms with Gasteiger partial charge >= 0.3 is 0 Å². The summed E-state index contributed by atoms with van der Waals surface area (Å²) < 4.78 is 0. The third kappa shape index (κ3) is 6.00. The van der Waals surface area contributed by atoms with Gasteiger partial charge in [-0.05, 0) is 131 Å². The van der Waals surface area contributed by atoms with Gasteiger partial charge in [-0.25, -0.2) is 0 Å². The lowest BCUT2D eigenvalue weighted by atomic mass is 9.82.